The number of rotatable bonds is 9. The van der Waals surface area contributed by atoms with Crippen LogP contribution in [0.3, 0.4) is 0 Å². The average molecular weight is 402 g/mol. The molecule has 2 N–H and O–H groups in total. The fourth-order valence-electron chi connectivity index (χ4n) is 2.78. The van der Waals surface area contributed by atoms with Crippen LogP contribution in [0.15, 0.2) is 24.3 Å². The molecule has 0 aliphatic carbocycles. The molecular formula is C21H26N2O6. The minimum absolute atomic E-state index is 0.126. The van der Waals surface area contributed by atoms with E-state index in [1.165, 1.54) is 0 Å². The van der Waals surface area contributed by atoms with Crippen molar-refractivity contribution >= 4 is 17.8 Å². The summed E-state index contributed by atoms with van der Waals surface area (Å²) >= 11 is 0. The van der Waals surface area contributed by atoms with Gasteiger partial charge in [0.25, 0.3) is 5.91 Å². The number of carbonyl (C=O) groups is 3. The number of carbonyl (C=O) groups excluding carboxylic acids is 3. The third-order valence-electron chi connectivity index (χ3n) is 4.14. The lowest BCUT2D eigenvalue weighted by atomic mass is 10.1. The Kier molecular flexibility index (Phi) is 7.82. The van der Waals surface area contributed by atoms with Crippen molar-refractivity contribution in [3.05, 3.63) is 52.3 Å². The third-order valence-corrected chi connectivity index (χ3v) is 4.14. The van der Waals surface area contributed by atoms with Crippen molar-refractivity contribution in [3.63, 3.8) is 0 Å². The molecular weight excluding hydrogens is 376 g/mol. The molecule has 0 atom stereocenters. The number of hydrogen-bond acceptors (Lipinski definition) is 6. The number of hydrogen-bond donors (Lipinski definition) is 2. The van der Waals surface area contributed by atoms with Crippen LogP contribution >= 0.6 is 0 Å². The number of H-pyrrole nitrogens is 1. The molecule has 0 saturated carbocycles. The molecule has 0 bridgehead atoms. The monoisotopic (exact) mass is 402 g/mol. The zero-order valence-electron chi connectivity index (χ0n) is 17.1. The summed E-state index contributed by atoms with van der Waals surface area (Å²) in [6, 6.07) is 7.59. The van der Waals surface area contributed by atoms with Crippen LogP contribution in [-0.4, -0.2) is 49.2 Å². The molecule has 0 unspecified atom stereocenters. The smallest absolute Gasteiger partial charge is 0.355 e. The molecule has 8 heteroatoms. The van der Waals surface area contributed by atoms with Gasteiger partial charge < -0.3 is 24.5 Å². The molecule has 29 heavy (non-hydrogen) atoms. The number of aryl methyl sites for hydroxylation is 2. The van der Waals surface area contributed by atoms with Gasteiger partial charge in [-0.25, -0.2) is 9.59 Å². The minimum Gasteiger partial charge on any atom is -0.492 e. The molecule has 156 valence electrons. The molecule has 2 aromatic rings. The van der Waals surface area contributed by atoms with Gasteiger partial charge in [-0.15, -0.1) is 0 Å². The number of esters is 2. The summed E-state index contributed by atoms with van der Waals surface area (Å²) in [6.45, 7) is 7.32. The molecule has 8 nitrogen and oxygen atoms in total. The van der Waals surface area contributed by atoms with E-state index in [1.807, 2.05) is 31.2 Å². The minimum atomic E-state index is -0.715. The highest BCUT2D eigenvalue weighted by Crippen LogP contribution is 2.19. The summed E-state index contributed by atoms with van der Waals surface area (Å²) < 4.78 is 15.6. The molecule has 0 spiro atoms. The van der Waals surface area contributed by atoms with Crippen molar-refractivity contribution in [2.24, 2.45) is 0 Å². The van der Waals surface area contributed by atoms with Crippen LogP contribution in [0.4, 0.5) is 0 Å². The lowest BCUT2D eigenvalue weighted by Crippen LogP contribution is -2.32. The summed E-state index contributed by atoms with van der Waals surface area (Å²) in [4.78, 5) is 38.9. The Balaban J connectivity index is 1.79. The molecule has 1 amide bonds. The first-order valence-corrected chi connectivity index (χ1v) is 9.33. The number of nitrogens with one attached hydrogen (secondary N) is 2. The van der Waals surface area contributed by atoms with E-state index in [2.05, 4.69) is 10.3 Å². The van der Waals surface area contributed by atoms with E-state index in [9.17, 15) is 14.4 Å². The Morgan fingerprint density at radius 3 is 2.52 bits per heavy atom. The lowest BCUT2D eigenvalue weighted by Gasteiger charge is -2.09. The van der Waals surface area contributed by atoms with Gasteiger partial charge in [0.2, 0.25) is 0 Å². The largest absolute Gasteiger partial charge is 0.492 e. The van der Waals surface area contributed by atoms with Crippen molar-refractivity contribution in [1.29, 1.82) is 0 Å². The van der Waals surface area contributed by atoms with Gasteiger partial charge in [-0.1, -0.05) is 12.1 Å². The number of benzene rings is 1. The zero-order valence-corrected chi connectivity index (χ0v) is 17.1. The van der Waals surface area contributed by atoms with E-state index in [0.29, 0.717) is 23.4 Å². The molecule has 0 aliphatic heterocycles. The quantitative estimate of drug-likeness (QED) is 0.493. The fourth-order valence-corrected chi connectivity index (χ4v) is 2.78. The van der Waals surface area contributed by atoms with Crippen LogP contribution in [0.1, 0.15) is 44.6 Å². The van der Waals surface area contributed by atoms with Gasteiger partial charge in [0, 0.05) is 5.69 Å². The maximum atomic E-state index is 12.3. The Morgan fingerprint density at radius 2 is 1.83 bits per heavy atom. The van der Waals surface area contributed by atoms with Crippen LogP contribution in [0, 0.1) is 20.8 Å². The van der Waals surface area contributed by atoms with E-state index in [-0.39, 0.29) is 18.8 Å². The maximum absolute atomic E-state index is 12.3. The highest BCUT2D eigenvalue weighted by Gasteiger charge is 2.24. The van der Waals surface area contributed by atoms with Gasteiger partial charge in [-0.3, -0.25) is 4.79 Å². The Bertz CT molecular complexity index is 887. The second kappa shape index (κ2) is 10.3. The molecule has 1 aromatic heterocycles. The van der Waals surface area contributed by atoms with Crippen LogP contribution in [0.2, 0.25) is 0 Å². The highest BCUT2D eigenvalue weighted by molar-refractivity contribution is 5.99. The van der Waals surface area contributed by atoms with Crippen molar-refractivity contribution < 1.29 is 28.6 Å². The molecule has 0 aliphatic rings. The summed E-state index contributed by atoms with van der Waals surface area (Å²) in [6.07, 6.45) is 0. The highest BCUT2D eigenvalue weighted by atomic mass is 16.5. The lowest BCUT2D eigenvalue weighted by molar-refractivity contribution is -0.124. The molecule has 1 heterocycles. The summed E-state index contributed by atoms with van der Waals surface area (Å²) in [5.41, 5.74) is 2.45. The van der Waals surface area contributed by atoms with Crippen LogP contribution in [-0.2, 0) is 14.3 Å². The number of ether oxygens (including phenoxy) is 3. The average Bonchev–Trinajstić information content (AvgIpc) is 2.98. The summed E-state index contributed by atoms with van der Waals surface area (Å²) in [7, 11) is 0. The van der Waals surface area contributed by atoms with Crippen molar-refractivity contribution in [2.45, 2.75) is 27.7 Å². The topological polar surface area (TPSA) is 107 Å². The summed E-state index contributed by atoms with van der Waals surface area (Å²) in [5, 5.41) is 2.62. The SMILES string of the molecule is CCOC(=O)c1c(C)[nH]c(C(=O)OCC(=O)NCCOc2cccc(C)c2)c1C. The van der Waals surface area contributed by atoms with Gasteiger partial charge in [-0.2, -0.15) is 0 Å². The molecule has 0 saturated heterocycles. The maximum Gasteiger partial charge on any atom is 0.355 e. The standard InChI is InChI=1S/C21H26N2O6/c1-5-27-20(25)18-14(3)19(23-15(18)4)21(26)29-12-17(24)22-9-10-28-16-8-6-7-13(2)11-16/h6-8,11,23H,5,9-10,12H2,1-4H3,(H,22,24). The molecule has 0 fully saturated rings. The Morgan fingerprint density at radius 1 is 1.07 bits per heavy atom. The van der Waals surface area contributed by atoms with E-state index in [1.54, 1.807) is 20.8 Å². The number of aromatic amines is 1. The first-order chi connectivity index (χ1) is 13.8. The predicted octanol–water partition coefficient (Wildman–Crippen LogP) is 2.47. The summed E-state index contributed by atoms with van der Waals surface area (Å²) in [5.74, 6) is -0.949. The van der Waals surface area contributed by atoms with Crippen molar-refractivity contribution in [3.8, 4) is 5.75 Å². The number of amides is 1. The van der Waals surface area contributed by atoms with Crippen LogP contribution in [0.5, 0.6) is 5.75 Å². The normalized spacial score (nSPS) is 10.3. The Hall–Kier alpha value is -3.29. The zero-order chi connectivity index (χ0) is 21.4. The van der Waals surface area contributed by atoms with E-state index >= 15 is 0 Å². The van der Waals surface area contributed by atoms with Gasteiger partial charge in [0.15, 0.2) is 6.61 Å². The van der Waals surface area contributed by atoms with Crippen molar-refractivity contribution in [1.82, 2.24) is 10.3 Å². The first-order valence-electron chi connectivity index (χ1n) is 9.33. The fraction of sp³-hybridized carbons (Fsp3) is 0.381. The van der Waals surface area contributed by atoms with E-state index in [0.717, 1.165) is 11.3 Å². The molecule has 0 radical (unpaired) electrons. The van der Waals surface area contributed by atoms with E-state index < -0.39 is 24.5 Å². The third kappa shape index (κ3) is 6.10. The van der Waals surface area contributed by atoms with Gasteiger partial charge >= 0.3 is 11.9 Å². The van der Waals surface area contributed by atoms with E-state index in [4.69, 9.17) is 14.2 Å². The van der Waals surface area contributed by atoms with Gasteiger partial charge in [-0.05, 0) is 51.0 Å². The van der Waals surface area contributed by atoms with Crippen molar-refractivity contribution in [2.75, 3.05) is 26.4 Å². The van der Waals surface area contributed by atoms with Gasteiger partial charge in [0.05, 0.1) is 18.7 Å². The molecule has 2 rings (SSSR count). The predicted molar refractivity (Wildman–Crippen MR) is 106 cm³/mol. The Labute approximate surface area is 169 Å². The number of aromatic nitrogens is 1. The molecule has 1 aromatic carbocycles. The first kappa shape index (κ1) is 22.0. The van der Waals surface area contributed by atoms with Crippen LogP contribution < -0.4 is 10.1 Å². The second-order valence-electron chi connectivity index (χ2n) is 6.44. The second-order valence-corrected chi connectivity index (χ2v) is 6.44. The van der Waals surface area contributed by atoms with Gasteiger partial charge in [0.1, 0.15) is 18.1 Å². The van der Waals surface area contributed by atoms with Crippen LogP contribution in [0.25, 0.3) is 0 Å².